The molecule has 7 nitrogen and oxygen atoms in total. The van der Waals surface area contributed by atoms with Gasteiger partial charge in [0.15, 0.2) is 5.78 Å². The highest BCUT2D eigenvalue weighted by Gasteiger charge is 2.43. The Morgan fingerprint density at radius 3 is 2.80 bits per heavy atom. The number of amides is 1. The van der Waals surface area contributed by atoms with E-state index in [1.54, 1.807) is 23.3 Å². The van der Waals surface area contributed by atoms with Crippen LogP contribution in [-0.4, -0.2) is 48.6 Å². The van der Waals surface area contributed by atoms with Crippen LogP contribution >= 0.6 is 11.8 Å². The van der Waals surface area contributed by atoms with Crippen LogP contribution in [0.4, 0.5) is 0 Å². The summed E-state index contributed by atoms with van der Waals surface area (Å²) in [6.07, 6.45) is 2.69. The number of thioether (sulfide) groups is 1. The van der Waals surface area contributed by atoms with Gasteiger partial charge in [-0.25, -0.2) is 0 Å². The molecule has 1 amide bonds. The highest BCUT2D eigenvalue weighted by atomic mass is 32.2. The zero-order chi connectivity index (χ0) is 21.3. The minimum absolute atomic E-state index is 0.0178. The molecule has 1 aromatic heterocycles. The molecule has 4 rings (SSSR count). The van der Waals surface area contributed by atoms with Crippen molar-refractivity contribution >= 4 is 23.5 Å². The summed E-state index contributed by atoms with van der Waals surface area (Å²) in [4.78, 5) is 27.4. The molecule has 0 radical (unpaired) electrons. The Hall–Kier alpha value is -2.50. The standard InChI is InChI=1S/C22H25N3O4S/c1-22(2)10-15-20(16(26)11-22)19(17-4-3-7-29-17)14(12-23)21(24-15)30-13-18(27)25-5-8-28-9-6-25/h3-4,7,19,24H,5-6,8-11,13H2,1-2H3/t19-/m1/s1. The average molecular weight is 428 g/mol. The highest BCUT2D eigenvalue weighted by Crippen LogP contribution is 2.47. The van der Waals surface area contributed by atoms with E-state index in [0.717, 1.165) is 5.70 Å². The molecule has 1 fully saturated rings. The van der Waals surface area contributed by atoms with E-state index in [9.17, 15) is 14.9 Å². The van der Waals surface area contributed by atoms with Crippen LogP contribution in [0.25, 0.3) is 0 Å². The number of carbonyl (C=O) groups is 2. The third kappa shape index (κ3) is 4.05. The van der Waals surface area contributed by atoms with Gasteiger partial charge in [-0.1, -0.05) is 25.6 Å². The first-order valence-electron chi connectivity index (χ1n) is 10.1. The predicted molar refractivity (Wildman–Crippen MR) is 112 cm³/mol. The third-order valence-corrected chi connectivity index (χ3v) is 6.66. The summed E-state index contributed by atoms with van der Waals surface area (Å²) < 4.78 is 10.9. The number of hydrogen-bond acceptors (Lipinski definition) is 7. The summed E-state index contributed by atoms with van der Waals surface area (Å²) >= 11 is 1.32. The molecule has 0 saturated carbocycles. The third-order valence-electron chi connectivity index (χ3n) is 5.66. The summed E-state index contributed by atoms with van der Waals surface area (Å²) in [6.45, 7) is 6.41. The molecule has 0 unspecified atom stereocenters. The Morgan fingerprint density at radius 1 is 1.37 bits per heavy atom. The van der Waals surface area contributed by atoms with E-state index < -0.39 is 5.92 Å². The second-order valence-electron chi connectivity index (χ2n) is 8.54. The van der Waals surface area contributed by atoms with Gasteiger partial charge < -0.3 is 19.4 Å². The summed E-state index contributed by atoms with van der Waals surface area (Å²) in [6, 6.07) is 5.84. The number of nitriles is 1. The van der Waals surface area contributed by atoms with Crippen molar-refractivity contribution < 1.29 is 18.7 Å². The van der Waals surface area contributed by atoms with Gasteiger partial charge in [0.2, 0.25) is 5.91 Å². The number of rotatable bonds is 4. The van der Waals surface area contributed by atoms with Crippen molar-refractivity contribution in [1.82, 2.24) is 10.2 Å². The molecule has 1 atom stereocenters. The SMILES string of the molecule is CC1(C)CC(=O)C2=C(C1)NC(SCC(=O)N1CCOCC1)=C(C#N)[C@@H]2c1ccco1. The Bertz CT molecular complexity index is 950. The van der Waals surface area contributed by atoms with Gasteiger partial charge in [0.05, 0.1) is 47.8 Å². The lowest BCUT2D eigenvalue weighted by molar-refractivity contribution is -0.132. The van der Waals surface area contributed by atoms with Crippen molar-refractivity contribution in [3.63, 3.8) is 0 Å². The molecule has 1 aromatic rings. The number of furan rings is 1. The van der Waals surface area contributed by atoms with Crippen LogP contribution in [0.2, 0.25) is 0 Å². The number of carbonyl (C=O) groups excluding carboxylic acids is 2. The summed E-state index contributed by atoms with van der Waals surface area (Å²) in [5.41, 5.74) is 1.71. The Kier molecular flexibility index (Phi) is 5.76. The number of morpholine rings is 1. The molecule has 8 heteroatoms. The number of hydrogen-bond donors (Lipinski definition) is 1. The van der Waals surface area contributed by atoms with Crippen LogP contribution < -0.4 is 5.32 Å². The Balaban J connectivity index is 1.64. The van der Waals surface area contributed by atoms with E-state index in [0.29, 0.717) is 61.1 Å². The highest BCUT2D eigenvalue weighted by molar-refractivity contribution is 8.03. The van der Waals surface area contributed by atoms with Crippen LogP contribution in [0.3, 0.4) is 0 Å². The zero-order valence-corrected chi connectivity index (χ0v) is 18.0. The van der Waals surface area contributed by atoms with Crippen LogP contribution in [0.1, 0.15) is 38.4 Å². The molecule has 0 aromatic carbocycles. The number of Topliss-reactive ketones (excluding diaryl/α,β-unsaturated/α-hetero) is 1. The van der Waals surface area contributed by atoms with E-state index in [4.69, 9.17) is 9.15 Å². The molecule has 1 saturated heterocycles. The van der Waals surface area contributed by atoms with E-state index >= 15 is 0 Å². The maximum Gasteiger partial charge on any atom is 0.233 e. The van der Waals surface area contributed by atoms with Crippen molar-refractivity contribution in [2.24, 2.45) is 5.41 Å². The predicted octanol–water partition coefficient (Wildman–Crippen LogP) is 2.94. The van der Waals surface area contributed by atoms with Crippen LogP contribution in [-0.2, 0) is 14.3 Å². The molecule has 1 aliphatic carbocycles. The number of dihydropyridines is 1. The quantitative estimate of drug-likeness (QED) is 0.789. The minimum atomic E-state index is -0.536. The maximum absolute atomic E-state index is 13.0. The Morgan fingerprint density at radius 2 is 2.13 bits per heavy atom. The molecule has 2 aliphatic heterocycles. The van der Waals surface area contributed by atoms with Crippen LogP contribution in [0.5, 0.6) is 0 Å². The minimum Gasteiger partial charge on any atom is -0.468 e. The summed E-state index contributed by atoms with van der Waals surface area (Å²) in [5, 5.41) is 13.9. The fraction of sp³-hybridized carbons (Fsp3) is 0.500. The smallest absolute Gasteiger partial charge is 0.233 e. The fourth-order valence-electron chi connectivity index (χ4n) is 4.27. The van der Waals surface area contributed by atoms with Gasteiger partial charge in [-0.15, -0.1) is 0 Å². The van der Waals surface area contributed by atoms with Gasteiger partial charge in [0, 0.05) is 30.8 Å². The van der Waals surface area contributed by atoms with Crippen molar-refractivity contribution in [3.8, 4) is 6.07 Å². The maximum atomic E-state index is 13.0. The zero-order valence-electron chi connectivity index (χ0n) is 17.2. The summed E-state index contributed by atoms with van der Waals surface area (Å²) in [5.74, 6) is 0.316. The topological polar surface area (TPSA) is 95.6 Å². The van der Waals surface area contributed by atoms with Gasteiger partial charge >= 0.3 is 0 Å². The lowest BCUT2D eigenvalue weighted by Crippen LogP contribution is -2.42. The molecule has 3 heterocycles. The number of ketones is 1. The molecule has 158 valence electrons. The number of nitrogens with one attached hydrogen (secondary N) is 1. The van der Waals surface area contributed by atoms with Crippen molar-refractivity contribution in [2.45, 2.75) is 32.6 Å². The van der Waals surface area contributed by atoms with Crippen LogP contribution in [0.15, 0.2) is 44.7 Å². The first-order chi connectivity index (χ1) is 14.4. The molecular weight excluding hydrogens is 402 g/mol. The van der Waals surface area contributed by atoms with E-state index in [-0.39, 0.29) is 22.9 Å². The lowest BCUT2D eigenvalue weighted by Gasteiger charge is -2.38. The van der Waals surface area contributed by atoms with Crippen LogP contribution in [0, 0.1) is 16.7 Å². The van der Waals surface area contributed by atoms with Crippen molar-refractivity contribution in [1.29, 1.82) is 5.26 Å². The molecule has 3 aliphatic rings. The van der Waals surface area contributed by atoms with E-state index in [2.05, 4.69) is 25.2 Å². The second-order valence-corrected chi connectivity index (χ2v) is 9.53. The van der Waals surface area contributed by atoms with Gasteiger partial charge in [0.1, 0.15) is 5.76 Å². The largest absolute Gasteiger partial charge is 0.468 e. The normalized spacial score (nSPS) is 23.7. The van der Waals surface area contributed by atoms with Gasteiger partial charge in [-0.3, -0.25) is 9.59 Å². The first kappa shape index (κ1) is 20.8. The molecule has 0 spiro atoms. The first-order valence-corrected chi connectivity index (χ1v) is 11.1. The van der Waals surface area contributed by atoms with Crippen molar-refractivity contribution in [2.75, 3.05) is 32.1 Å². The number of nitrogens with zero attached hydrogens (tertiary/aromatic N) is 2. The fourth-order valence-corrected chi connectivity index (χ4v) is 5.23. The molecule has 30 heavy (non-hydrogen) atoms. The lowest BCUT2D eigenvalue weighted by atomic mass is 9.70. The van der Waals surface area contributed by atoms with E-state index in [1.165, 1.54) is 11.8 Å². The number of allylic oxidation sites excluding steroid dienone is 3. The monoisotopic (exact) mass is 427 g/mol. The second kappa shape index (κ2) is 8.32. The number of ether oxygens (including phenoxy) is 1. The van der Waals surface area contributed by atoms with Crippen molar-refractivity contribution in [3.05, 3.63) is 46.0 Å². The molecule has 1 N–H and O–H groups in total. The average Bonchev–Trinajstić information content (AvgIpc) is 3.25. The Labute approximate surface area is 180 Å². The van der Waals surface area contributed by atoms with Gasteiger partial charge in [-0.05, 0) is 24.0 Å². The molecular formula is C22H25N3O4S. The van der Waals surface area contributed by atoms with Gasteiger partial charge in [-0.2, -0.15) is 5.26 Å². The van der Waals surface area contributed by atoms with Gasteiger partial charge in [0.25, 0.3) is 0 Å². The van der Waals surface area contributed by atoms with E-state index in [1.807, 2.05) is 0 Å². The molecule has 0 bridgehead atoms. The summed E-state index contributed by atoms with van der Waals surface area (Å²) in [7, 11) is 0.